The zero-order valence-electron chi connectivity index (χ0n) is 19.6. The predicted molar refractivity (Wildman–Crippen MR) is 135 cm³/mol. The zero-order valence-corrected chi connectivity index (χ0v) is 19.6. The van der Waals surface area contributed by atoms with Crippen LogP contribution in [0.15, 0.2) is 66.7 Å². The highest BCUT2D eigenvalue weighted by atomic mass is 14.0. The van der Waals surface area contributed by atoms with E-state index in [4.69, 9.17) is 0 Å². The van der Waals surface area contributed by atoms with Gasteiger partial charge in [0.05, 0.1) is 0 Å². The van der Waals surface area contributed by atoms with E-state index >= 15 is 0 Å². The van der Waals surface area contributed by atoms with E-state index in [1.54, 1.807) is 0 Å². The maximum absolute atomic E-state index is 2.20. The minimum absolute atomic E-state index is 0. The van der Waals surface area contributed by atoms with Crippen LogP contribution in [0.2, 0.25) is 0 Å². The minimum Gasteiger partial charge on any atom is -0.0776 e. The van der Waals surface area contributed by atoms with Crippen molar-refractivity contribution >= 4 is 0 Å². The van der Waals surface area contributed by atoms with Crippen molar-refractivity contribution in [1.82, 2.24) is 0 Å². The van der Waals surface area contributed by atoms with Crippen molar-refractivity contribution in [2.24, 2.45) is 0 Å². The van der Waals surface area contributed by atoms with E-state index in [-0.39, 0.29) is 7.43 Å². The normalized spacial score (nSPS) is 8.72. The monoisotopic (exact) mass is 392 g/mol. The van der Waals surface area contributed by atoms with Crippen molar-refractivity contribution in [3.8, 4) is 0 Å². The summed E-state index contributed by atoms with van der Waals surface area (Å²) in [6.07, 6.45) is 1.03. The highest BCUT2D eigenvalue weighted by molar-refractivity contribution is 5.30. The third-order valence-corrected chi connectivity index (χ3v) is 4.02. The molecule has 0 aromatic heterocycles. The Bertz CT molecular complexity index is 668. The quantitative estimate of drug-likeness (QED) is 0.407. The van der Waals surface area contributed by atoms with Crippen LogP contribution in [0.5, 0.6) is 0 Å². The topological polar surface area (TPSA) is 0 Å². The van der Waals surface area contributed by atoms with Gasteiger partial charge in [0, 0.05) is 0 Å². The van der Waals surface area contributed by atoms with Crippen LogP contribution in [-0.4, -0.2) is 0 Å². The van der Waals surface area contributed by atoms with Crippen LogP contribution < -0.4 is 0 Å². The summed E-state index contributed by atoms with van der Waals surface area (Å²) in [4.78, 5) is 0. The summed E-state index contributed by atoms with van der Waals surface area (Å²) in [7, 11) is 0. The second kappa shape index (κ2) is 16.6. The first-order valence-electron chi connectivity index (χ1n) is 10.6. The van der Waals surface area contributed by atoms with Crippen molar-refractivity contribution in [3.63, 3.8) is 0 Å². The van der Waals surface area contributed by atoms with Gasteiger partial charge in [0.15, 0.2) is 0 Å². The molecule has 3 rings (SSSR count). The molecule has 0 aliphatic carbocycles. The van der Waals surface area contributed by atoms with Crippen molar-refractivity contribution in [2.75, 3.05) is 0 Å². The summed E-state index contributed by atoms with van der Waals surface area (Å²) in [6.45, 7) is 18.6. The van der Waals surface area contributed by atoms with Crippen LogP contribution in [0.3, 0.4) is 0 Å². The molecule has 29 heavy (non-hydrogen) atoms. The number of aryl methyl sites for hydroxylation is 5. The van der Waals surface area contributed by atoms with Gasteiger partial charge in [-0.05, 0) is 52.2 Å². The van der Waals surface area contributed by atoms with Crippen LogP contribution in [0.4, 0.5) is 0 Å². The Hall–Kier alpha value is -2.34. The molecule has 0 fully saturated rings. The average Bonchev–Trinajstić information content (AvgIpc) is 2.68. The third kappa shape index (κ3) is 12.7. The largest absolute Gasteiger partial charge is 0.0776 e. The molecule has 0 saturated carbocycles. The summed E-state index contributed by atoms with van der Waals surface area (Å²) in [6, 6.07) is 24.1. The molecular formula is C29H44. The Balaban J connectivity index is 0. The van der Waals surface area contributed by atoms with Crippen LogP contribution in [0.25, 0.3) is 0 Å². The van der Waals surface area contributed by atoms with Gasteiger partial charge in [-0.1, -0.05) is 130 Å². The molecule has 0 heteroatoms. The van der Waals surface area contributed by atoms with Crippen LogP contribution >= 0.6 is 0 Å². The van der Waals surface area contributed by atoms with Crippen LogP contribution in [0.1, 0.15) is 74.1 Å². The summed E-state index contributed by atoms with van der Waals surface area (Å²) in [5, 5.41) is 0. The molecular weight excluding hydrogens is 348 g/mol. The first kappa shape index (κ1) is 28.9. The standard InChI is InChI=1S/C15H16.C9H12.2C2H6.CH4/c1-12-3-7-14(8-4-12)11-15-9-5-13(2)6-10-15;1-7-4-8(2)6-9(3)5-7;2*1-2;/h3-10H,11H2,1-2H3;4-6H,1-3H3;2*1-2H3;1H4. The second-order valence-electron chi connectivity index (χ2n) is 6.81. The van der Waals surface area contributed by atoms with Crippen molar-refractivity contribution < 1.29 is 0 Å². The second-order valence-corrected chi connectivity index (χ2v) is 6.81. The number of rotatable bonds is 2. The van der Waals surface area contributed by atoms with Crippen molar-refractivity contribution in [2.45, 2.75) is 76.2 Å². The molecule has 0 radical (unpaired) electrons. The van der Waals surface area contributed by atoms with Gasteiger partial charge in [0.1, 0.15) is 0 Å². The van der Waals surface area contributed by atoms with E-state index in [1.807, 2.05) is 27.7 Å². The van der Waals surface area contributed by atoms with Crippen LogP contribution in [0, 0.1) is 34.6 Å². The van der Waals surface area contributed by atoms with Gasteiger partial charge >= 0.3 is 0 Å². The number of hydrogen-bond donors (Lipinski definition) is 0. The molecule has 0 spiro atoms. The average molecular weight is 393 g/mol. The predicted octanol–water partition coefficient (Wildman–Crippen LogP) is 9.19. The molecule has 0 aliphatic rings. The van der Waals surface area contributed by atoms with E-state index in [0.29, 0.717) is 0 Å². The summed E-state index contributed by atoms with van der Waals surface area (Å²) in [5.74, 6) is 0. The highest BCUT2D eigenvalue weighted by Crippen LogP contribution is 2.11. The fourth-order valence-electron chi connectivity index (χ4n) is 2.85. The van der Waals surface area contributed by atoms with E-state index in [2.05, 4.69) is 101 Å². The van der Waals surface area contributed by atoms with Gasteiger partial charge in [-0.25, -0.2) is 0 Å². The Morgan fingerprint density at radius 2 is 0.655 bits per heavy atom. The van der Waals surface area contributed by atoms with Crippen molar-refractivity contribution in [1.29, 1.82) is 0 Å². The molecule has 3 aromatic rings. The lowest BCUT2D eigenvalue weighted by atomic mass is 10.0. The smallest absolute Gasteiger partial charge is 0.00258 e. The molecule has 160 valence electrons. The van der Waals surface area contributed by atoms with E-state index in [0.717, 1.165) is 6.42 Å². The van der Waals surface area contributed by atoms with E-state index in [1.165, 1.54) is 38.9 Å². The molecule has 0 unspecified atom stereocenters. The molecule has 0 atom stereocenters. The third-order valence-electron chi connectivity index (χ3n) is 4.02. The lowest BCUT2D eigenvalue weighted by Gasteiger charge is -2.03. The van der Waals surface area contributed by atoms with Gasteiger partial charge in [0.2, 0.25) is 0 Å². The summed E-state index contributed by atoms with van der Waals surface area (Å²) >= 11 is 0. The first-order valence-corrected chi connectivity index (χ1v) is 10.6. The number of benzene rings is 3. The molecule has 0 N–H and O–H groups in total. The minimum atomic E-state index is 0. The van der Waals surface area contributed by atoms with Crippen LogP contribution in [-0.2, 0) is 6.42 Å². The van der Waals surface area contributed by atoms with E-state index < -0.39 is 0 Å². The molecule has 0 heterocycles. The Labute approximate surface area is 182 Å². The van der Waals surface area contributed by atoms with Gasteiger partial charge in [-0.3, -0.25) is 0 Å². The summed E-state index contributed by atoms with van der Waals surface area (Å²) < 4.78 is 0. The Morgan fingerprint density at radius 3 is 0.897 bits per heavy atom. The van der Waals surface area contributed by atoms with Gasteiger partial charge < -0.3 is 0 Å². The van der Waals surface area contributed by atoms with E-state index in [9.17, 15) is 0 Å². The fraction of sp³-hybridized carbons (Fsp3) is 0.379. The SMILES string of the molecule is C.CC.CC.Cc1cc(C)cc(C)c1.Cc1ccc(Cc2ccc(C)cc2)cc1. The maximum atomic E-state index is 2.20. The fourth-order valence-corrected chi connectivity index (χ4v) is 2.85. The van der Waals surface area contributed by atoms with Gasteiger partial charge in [-0.2, -0.15) is 0 Å². The van der Waals surface area contributed by atoms with Crippen molar-refractivity contribution in [3.05, 3.63) is 106 Å². The van der Waals surface area contributed by atoms with Gasteiger partial charge in [0.25, 0.3) is 0 Å². The molecule has 3 aromatic carbocycles. The Kier molecular flexibility index (Phi) is 16.5. The Morgan fingerprint density at radius 1 is 0.414 bits per heavy atom. The lowest BCUT2D eigenvalue weighted by molar-refractivity contribution is 1.18. The number of hydrogen-bond acceptors (Lipinski definition) is 0. The summed E-state index contributed by atoms with van der Waals surface area (Å²) in [5.41, 5.74) is 9.46. The zero-order chi connectivity index (χ0) is 21.5. The molecule has 0 amide bonds. The molecule has 0 saturated heterocycles. The molecule has 0 aliphatic heterocycles. The molecule has 0 bridgehead atoms. The maximum Gasteiger partial charge on any atom is -0.00258 e. The lowest BCUT2D eigenvalue weighted by Crippen LogP contribution is -1.88. The molecule has 0 nitrogen and oxygen atoms in total. The van der Waals surface area contributed by atoms with Gasteiger partial charge in [-0.15, -0.1) is 0 Å². The first-order chi connectivity index (χ1) is 13.4. The highest BCUT2D eigenvalue weighted by Gasteiger charge is 1.95.